The molecule has 0 aliphatic heterocycles. The maximum absolute atomic E-state index is 5.90. The summed E-state index contributed by atoms with van der Waals surface area (Å²) in [5.74, 6) is 0. The largest absolute Gasteiger partial charge is 0.381 e. The van der Waals surface area contributed by atoms with Crippen LogP contribution in [0.1, 0.15) is 18.9 Å². The van der Waals surface area contributed by atoms with Gasteiger partial charge in [-0.1, -0.05) is 48.9 Å². The zero-order valence-corrected chi connectivity index (χ0v) is 13.1. The van der Waals surface area contributed by atoms with Gasteiger partial charge in [-0.2, -0.15) is 0 Å². The van der Waals surface area contributed by atoms with E-state index in [-0.39, 0.29) is 0 Å². The number of anilines is 1. The van der Waals surface area contributed by atoms with Crippen molar-refractivity contribution in [3.63, 3.8) is 0 Å². The van der Waals surface area contributed by atoms with Crippen LogP contribution in [0.3, 0.4) is 0 Å². The van der Waals surface area contributed by atoms with E-state index in [1.54, 1.807) is 6.20 Å². The first kappa shape index (κ1) is 14.4. The van der Waals surface area contributed by atoms with Crippen LogP contribution in [-0.2, 0) is 6.42 Å². The first-order valence-electron chi connectivity index (χ1n) is 6.30. The second-order valence-corrected chi connectivity index (χ2v) is 5.65. The Bertz CT molecular complexity index is 531. The van der Waals surface area contributed by atoms with Crippen molar-refractivity contribution < 1.29 is 0 Å². The minimum Gasteiger partial charge on any atom is -0.381 e. The predicted octanol–water partition coefficient (Wildman–Crippen LogP) is 4.93. The van der Waals surface area contributed by atoms with Crippen molar-refractivity contribution in [1.29, 1.82) is 0 Å². The van der Waals surface area contributed by atoms with Crippen LogP contribution in [0, 0.1) is 0 Å². The van der Waals surface area contributed by atoms with E-state index in [1.807, 2.05) is 12.1 Å². The number of pyridine rings is 1. The number of nitrogens with zero attached hydrogens (tertiary/aromatic N) is 1. The topological polar surface area (TPSA) is 24.9 Å². The van der Waals surface area contributed by atoms with Gasteiger partial charge in [0.2, 0.25) is 0 Å². The summed E-state index contributed by atoms with van der Waals surface area (Å²) in [4.78, 5) is 4.13. The van der Waals surface area contributed by atoms with Gasteiger partial charge in [-0.3, -0.25) is 0 Å². The number of hydrogen-bond acceptors (Lipinski definition) is 2. The summed E-state index contributed by atoms with van der Waals surface area (Å²) in [7, 11) is 0. The van der Waals surface area contributed by atoms with E-state index in [4.69, 9.17) is 11.6 Å². The second-order valence-electron chi connectivity index (χ2n) is 4.44. The molecule has 2 aromatic rings. The Morgan fingerprint density at radius 2 is 2.05 bits per heavy atom. The molecule has 0 saturated heterocycles. The smallest absolute Gasteiger partial charge is 0.143 e. The van der Waals surface area contributed by atoms with Crippen LogP contribution in [0.2, 0.25) is 5.15 Å². The van der Waals surface area contributed by atoms with E-state index in [1.165, 1.54) is 5.56 Å². The number of benzene rings is 1. The average Bonchev–Trinajstić information content (AvgIpc) is 2.43. The van der Waals surface area contributed by atoms with Crippen molar-refractivity contribution >= 4 is 33.2 Å². The van der Waals surface area contributed by atoms with Gasteiger partial charge in [-0.15, -0.1) is 0 Å². The summed E-state index contributed by atoms with van der Waals surface area (Å²) < 4.78 is 0.814. The SMILES string of the molecule is CCC(Cc1ccccc1)Nc1cnc(Cl)c(Br)c1. The minimum absolute atomic E-state index is 0.386. The van der Waals surface area contributed by atoms with Crippen LogP contribution in [0.15, 0.2) is 47.1 Å². The molecule has 19 heavy (non-hydrogen) atoms. The lowest BCUT2D eigenvalue weighted by Crippen LogP contribution is -2.21. The van der Waals surface area contributed by atoms with Gasteiger partial charge in [-0.05, 0) is 40.4 Å². The first-order valence-corrected chi connectivity index (χ1v) is 7.47. The molecule has 0 bridgehead atoms. The molecular formula is C15H16BrClN2. The summed E-state index contributed by atoms with van der Waals surface area (Å²) in [6.07, 6.45) is 3.81. The van der Waals surface area contributed by atoms with E-state index < -0.39 is 0 Å². The van der Waals surface area contributed by atoms with Gasteiger partial charge in [0.15, 0.2) is 0 Å². The third kappa shape index (κ3) is 4.22. The lowest BCUT2D eigenvalue weighted by Gasteiger charge is -2.18. The van der Waals surface area contributed by atoms with Gasteiger partial charge in [0.05, 0.1) is 16.4 Å². The van der Waals surface area contributed by atoms with E-state index in [0.717, 1.165) is 23.0 Å². The Morgan fingerprint density at radius 3 is 2.68 bits per heavy atom. The van der Waals surface area contributed by atoms with Gasteiger partial charge >= 0.3 is 0 Å². The highest BCUT2D eigenvalue weighted by Crippen LogP contribution is 2.23. The fourth-order valence-electron chi connectivity index (χ4n) is 1.93. The highest BCUT2D eigenvalue weighted by Gasteiger charge is 2.08. The molecule has 2 rings (SSSR count). The first-order chi connectivity index (χ1) is 9.19. The third-order valence-electron chi connectivity index (χ3n) is 2.98. The molecule has 1 heterocycles. The monoisotopic (exact) mass is 338 g/mol. The third-order valence-corrected chi connectivity index (χ3v) is 4.12. The molecule has 0 fully saturated rings. The molecule has 1 aromatic carbocycles. The molecule has 100 valence electrons. The molecule has 1 aromatic heterocycles. The molecule has 1 unspecified atom stereocenters. The fraction of sp³-hybridized carbons (Fsp3) is 0.267. The summed E-state index contributed by atoms with van der Waals surface area (Å²) in [5.41, 5.74) is 2.32. The van der Waals surface area contributed by atoms with Crippen LogP contribution in [0.25, 0.3) is 0 Å². The van der Waals surface area contributed by atoms with Crippen LogP contribution in [-0.4, -0.2) is 11.0 Å². The second kappa shape index (κ2) is 6.92. The van der Waals surface area contributed by atoms with Gasteiger partial charge in [-0.25, -0.2) is 4.98 Å². The molecule has 0 spiro atoms. The molecule has 0 radical (unpaired) electrons. The quantitative estimate of drug-likeness (QED) is 0.781. The molecule has 0 aliphatic rings. The average molecular weight is 340 g/mol. The Hall–Kier alpha value is -1.06. The summed E-state index contributed by atoms with van der Waals surface area (Å²) in [5, 5.41) is 3.98. The molecule has 2 nitrogen and oxygen atoms in total. The van der Waals surface area contributed by atoms with Crippen molar-refractivity contribution in [2.24, 2.45) is 0 Å². The zero-order valence-electron chi connectivity index (χ0n) is 10.7. The number of hydrogen-bond donors (Lipinski definition) is 1. The molecule has 1 N–H and O–H groups in total. The number of rotatable bonds is 5. The van der Waals surface area contributed by atoms with Crippen molar-refractivity contribution in [3.05, 3.63) is 57.8 Å². The van der Waals surface area contributed by atoms with E-state index in [9.17, 15) is 0 Å². The molecule has 0 saturated carbocycles. The fourth-order valence-corrected chi connectivity index (χ4v) is 2.38. The minimum atomic E-state index is 0.386. The maximum atomic E-state index is 5.90. The standard InChI is InChI=1S/C15H16BrClN2/c1-2-12(8-11-6-4-3-5-7-11)19-13-9-14(16)15(17)18-10-13/h3-7,9-10,12,19H,2,8H2,1H3. The predicted molar refractivity (Wildman–Crippen MR) is 84.8 cm³/mol. The van der Waals surface area contributed by atoms with Crippen molar-refractivity contribution in [3.8, 4) is 0 Å². The summed E-state index contributed by atoms with van der Waals surface area (Å²) in [6, 6.07) is 12.8. The molecular weight excluding hydrogens is 324 g/mol. The highest BCUT2D eigenvalue weighted by atomic mass is 79.9. The summed E-state index contributed by atoms with van der Waals surface area (Å²) in [6.45, 7) is 2.18. The van der Waals surface area contributed by atoms with Crippen LogP contribution in [0.4, 0.5) is 5.69 Å². The van der Waals surface area contributed by atoms with Crippen molar-refractivity contribution in [1.82, 2.24) is 4.98 Å². The Labute approximate surface area is 127 Å². The molecule has 0 aliphatic carbocycles. The normalized spacial score (nSPS) is 12.2. The molecule has 1 atom stereocenters. The summed E-state index contributed by atoms with van der Waals surface area (Å²) >= 11 is 9.29. The van der Waals surface area contributed by atoms with Crippen LogP contribution < -0.4 is 5.32 Å². The lowest BCUT2D eigenvalue weighted by molar-refractivity contribution is 0.690. The van der Waals surface area contributed by atoms with Crippen molar-refractivity contribution in [2.45, 2.75) is 25.8 Å². The molecule has 0 amide bonds. The van der Waals surface area contributed by atoms with Gasteiger partial charge in [0.25, 0.3) is 0 Å². The van der Waals surface area contributed by atoms with Gasteiger partial charge in [0, 0.05) is 6.04 Å². The van der Waals surface area contributed by atoms with Gasteiger partial charge in [0.1, 0.15) is 5.15 Å². The van der Waals surface area contributed by atoms with E-state index in [2.05, 4.69) is 57.4 Å². The van der Waals surface area contributed by atoms with E-state index in [0.29, 0.717) is 11.2 Å². The molecule has 4 heteroatoms. The number of nitrogens with one attached hydrogen (secondary N) is 1. The zero-order chi connectivity index (χ0) is 13.7. The maximum Gasteiger partial charge on any atom is 0.143 e. The number of aromatic nitrogens is 1. The van der Waals surface area contributed by atoms with Gasteiger partial charge < -0.3 is 5.32 Å². The van der Waals surface area contributed by atoms with Crippen LogP contribution >= 0.6 is 27.5 Å². The Morgan fingerprint density at radius 1 is 1.32 bits per heavy atom. The van der Waals surface area contributed by atoms with Crippen LogP contribution in [0.5, 0.6) is 0 Å². The van der Waals surface area contributed by atoms with Crippen molar-refractivity contribution in [2.75, 3.05) is 5.32 Å². The lowest BCUT2D eigenvalue weighted by atomic mass is 10.0. The number of halogens is 2. The highest BCUT2D eigenvalue weighted by molar-refractivity contribution is 9.10. The Kier molecular flexibility index (Phi) is 5.23. The van der Waals surface area contributed by atoms with E-state index >= 15 is 0 Å². The Balaban J connectivity index is 2.04.